The van der Waals surface area contributed by atoms with Gasteiger partial charge in [-0.3, -0.25) is 14.4 Å². The molecule has 10 heteroatoms. The highest BCUT2D eigenvalue weighted by Crippen LogP contribution is 2.31. The monoisotopic (exact) mass is 511 g/mol. The number of hydrogen-bond acceptors (Lipinski definition) is 7. The van der Waals surface area contributed by atoms with Gasteiger partial charge in [-0.15, -0.1) is 0 Å². The van der Waals surface area contributed by atoms with Gasteiger partial charge in [0.1, 0.15) is 5.75 Å². The van der Waals surface area contributed by atoms with Crippen LogP contribution in [0.5, 0.6) is 5.75 Å². The van der Waals surface area contributed by atoms with Gasteiger partial charge in [-0.2, -0.15) is 5.10 Å². The van der Waals surface area contributed by atoms with Gasteiger partial charge in [0.25, 0.3) is 5.91 Å². The third-order valence-corrected chi connectivity index (χ3v) is 6.59. The molecular formula is C26H34ClN7O2. The van der Waals surface area contributed by atoms with Crippen molar-refractivity contribution < 1.29 is 9.53 Å². The normalized spacial score (nSPS) is 14.8. The lowest BCUT2D eigenvalue weighted by Gasteiger charge is -2.37. The number of carbonyl (C=O) groups excluding carboxylic acids is 1. The fraction of sp³-hybridized carbons (Fsp3) is 0.462. The van der Waals surface area contributed by atoms with Gasteiger partial charge in [0.15, 0.2) is 0 Å². The highest BCUT2D eigenvalue weighted by molar-refractivity contribution is 6.32. The molecule has 0 atom stereocenters. The summed E-state index contributed by atoms with van der Waals surface area (Å²) in [7, 11) is 1.57. The molecule has 2 aromatic heterocycles. The van der Waals surface area contributed by atoms with Crippen molar-refractivity contribution in [3.8, 4) is 17.0 Å². The number of hydrogen-bond donors (Lipinski definition) is 1. The summed E-state index contributed by atoms with van der Waals surface area (Å²) in [4.78, 5) is 26.3. The van der Waals surface area contributed by atoms with E-state index >= 15 is 0 Å². The van der Waals surface area contributed by atoms with E-state index in [1.54, 1.807) is 31.6 Å². The first-order valence-electron chi connectivity index (χ1n) is 12.1. The van der Waals surface area contributed by atoms with E-state index in [-0.39, 0.29) is 11.4 Å². The van der Waals surface area contributed by atoms with Crippen LogP contribution in [0.1, 0.15) is 45.0 Å². The van der Waals surface area contributed by atoms with E-state index in [4.69, 9.17) is 16.3 Å². The number of anilines is 2. The number of nitrogens with one attached hydrogen (secondary N) is 1. The summed E-state index contributed by atoms with van der Waals surface area (Å²) < 4.78 is 7.46. The second-order valence-corrected chi connectivity index (χ2v) is 10.6. The van der Waals surface area contributed by atoms with Crippen LogP contribution in [0.3, 0.4) is 0 Å². The number of carbonyl (C=O) groups is 1. The van der Waals surface area contributed by atoms with E-state index in [2.05, 4.69) is 59.9 Å². The Balaban J connectivity index is 1.52. The molecule has 0 unspecified atom stereocenters. The molecule has 36 heavy (non-hydrogen) atoms. The van der Waals surface area contributed by atoms with E-state index in [1.165, 1.54) is 0 Å². The molecule has 0 radical (unpaired) electrons. The minimum Gasteiger partial charge on any atom is -0.495 e. The minimum absolute atomic E-state index is 0.00384. The number of benzene rings is 1. The number of piperazine rings is 1. The molecular weight excluding hydrogens is 478 g/mol. The lowest BCUT2D eigenvalue weighted by atomic mass is 10.1. The number of amides is 1. The number of nitrogens with zero attached hydrogens (tertiary/aromatic N) is 6. The fourth-order valence-electron chi connectivity index (χ4n) is 4.11. The number of halogens is 1. The molecule has 192 valence electrons. The van der Waals surface area contributed by atoms with Crippen LogP contribution in [-0.2, 0) is 5.54 Å². The average molecular weight is 512 g/mol. The van der Waals surface area contributed by atoms with E-state index < -0.39 is 0 Å². The van der Waals surface area contributed by atoms with Gasteiger partial charge in [0.05, 0.1) is 41.4 Å². The Labute approximate surface area is 217 Å². The molecule has 1 N–H and O–H groups in total. The summed E-state index contributed by atoms with van der Waals surface area (Å²) in [6, 6.07) is 5.85. The summed E-state index contributed by atoms with van der Waals surface area (Å²) in [6.45, 7) is 13.8. The highest BCUT2D eigenvalue weighted by atomic mass is 35.5. The molecule has 4 rings (SSSR count). The first-order valence-corrected chi connectivity index (χ1v) is 12.5. The third kappa shape index (κ3) is 5.63. The van der Waals surface area contributed by atoms with Crippen molar-refractivity contribution in [2.45, 2.75) is 46.2 Å². The maximum Gasteiger partial charge on any atom is 0.254 e. The van der Waals surface area contributed by atoms with Gasteiger partial charge in [0.2, 0.25) is 5.95 Å². The van der Waals surface area contributed by atoms with Gasteiger partial charge in [0, 0.05) is 49.5 Å². The molecule has 0 saturated carbocycles. The zero-order valence-corrected chi connectivity index (χ0v) is 22.5. The van der Waals surface area contributed by atoms with Gasteiger partial charge < -0.3 is 15.0 Å². The molecule has 9 nitrogen and oxygen atoms in total. The van der Waals surface area contributed by atoms with Crippen molar-refractivity contribution in [2.24, 2.45) is 0 Å². The lowest BCUT2D eigenvalue weighted by Crippen LogP contribution is -2.50. The van der Waals surface area contributed by atoms with Crippen LogP contribution in [0.15, 0.2) is 36.8 Å². The fourth-order valence-corrected chi connectivity index (χ4v) is 4.31. The molecule has 3 heterocycles. The zero-order chi connectivity index (χ0) is 26.0. The number of methoxy groups -OCH3 is 1. The van der Waals surface area contributed by atoms with Crippen molar-refractivity contribution in [3.63, 3.8) is 0 Å². The summed E-state index contributed by atoms with van der Waals surface area (Å²) in [5, 5.41) is 8.07. The maximum absolute atomic E-state index is 13.1. The molecule has 1 aliphatic rings. The molecule has 1 aromatic carbocycles. The standard InChI is InChI=1S/C26H34ClN7O2/c1-17(2)32-9-11-33(12-10-32)24(35)18-7-8-21(22(13-18)36-6)30-25-28-15-20(27)23(31-25)19-14-29-34(16-19)26(3,4)5/h7-8,13-17H,9-12H2,1-6H3,(H,28,30,31). The Hall–Kier alpha value is -3.17. The topological polar surface area (TPSA) is 88.4 Å². The van der Waals surface area contributed by atoms with E-state index in [0.29, 0.717) is 52.8 Å². The predicted octanol–water partition coefficient (Wildman–Crippen LogP) is 4.67. The van der Waals surface area contributed by atoms with Crippen LogP contribution >= 0.6 is 11.6 Å². The SMILES string of the molecule is COc1cc(C(=O)N2CCN(C(C)C)CC2)ccc1Nc1ncc(Cl)c(-c2cnn(C(C)(C)C)c2)n1. The van der Waals surface area contributed by atoms with E-state index in [0.717, 1.165) is 18.7 Å². The summed E-state index contributed by atoms with van der Waals surface area (Å²) in [5.74, 6) is 0.895. The smallest absolute Gasteiger partial charge is 0.254 e. The summed E-state index contributed by atoms with van der Waals surface area (Å²) in [5.41, 5.74) is 2.45. The summed E-state index contributed by atoms with van der Waals surface area (Å²) in [6.07, 6.45) is 5.22. The van der Waals surface area contributed by atoms with Crippen LogP contribution in [0.2, 0.25) is 5.02 Å². The quantitative estimate of drug-likeness (QED) is 0.514. The zero-order valence-electron chi connectivity index (χ0n) is 21.7. The van der Waals surface area contributed by atoms with Crippen LogP contribution in [0, 0.1) is 0 Å². The maximum atomic E-state index is 13.1. The van der Waals surface area contributed by atoms with Crippen LogP contribution < -0.4 is 10.1 Å². The van der Waals surface area contributed by atoms with E-state index in [1.807, 2.05) is 21.8 Å². The predicted molar refractivity (Wildman–Crippen MR) is 142 cm³/mol. The third-order valence-electron chi connectivity index (χ3n) is 6.31. The molecule has 3 aromatic rings. The number of rotatable bonds is 6. The summed E-state index contributed by atoms with van der Waals surface area (Å²) >= 11 is 6.41. The first kappa shape index (κ1) is 25.9. The lowest BCUT2D eigenvalue weighted by molar-refractivity contribution is 0.0595. The van der Waals surface area contributed by atoms with Gasteiger partial charge >= 0.3 is 0 Å². The average Bonchev–Trinajstić information content (AvgIpc) is 3.36. The highest BCUT2D eigenvalue weighted by Gasteiger charge is 2.24. The van der Waals surface area contributed by atoms with Crippen LogP contribution in [0.25, 0.3) is 11.3 Å². The second kappa shape index (κ2) is 10.4. The molecule has 1 fully saturated rings. The largest absolute Gasteiger partial charge is 0.495 e. The van der Waals surface area contributed by atoms with Crippen molar-refractivity contribution in [1.29, 1.82) is 0 Å². The van der Waals surface area contributed by atoms with Crippen molar-refractivity contribution in [1.82, 2.24) is 29.5 Å². The number of aromatic nitrogens is 4. The molecule has 1 aliphatic heterocycles. The Morgan fingerprint density at radius 1 is 1.14 bits per heavy atom. The first-order chi connectivity index (χ1) is 17.1. The Morgan fingerprint density at radius 2 is 1.86 bits per heavy atom. The van der Waals surface area contributed by atoms with Gasteiger partial charge in [-0.1, -0.05) is 11.6 Å². The molecule has 0 aliphatic carbocycles. The van der Waals surface area contributed by atoms with Crippen molar-refractivity contribution >= 4 is 29.1 Å². The Bertz CT molecular complexity index is 1230. The van der Waals surface area contributed by atoms with Gasteiger partial charge in [-0.25, -0.2) is 9.97 Å². The Morgan fingerprint density at radius 3 is 2.47 bits per heavy atom. The second-order valence-electron chi connectivity index (χ2n) is 10.2. The van der Waals surface area contributed by atoms with E-state index in [9.17, 15) is 4.79 Å². The number of ether oxygens (including phenoxy) is 1. The van der Waals surface area contributed by atoms with Crippen molar-refractivity contribution in [2.75, 3.05) is 38.6 Å². The van der Waals surface area contributed by atoms with Crippen LogP contribution in [0.4, 0.5) is 11.6 Å². The molecule has 1 amide bonds. The Kier molecular flexibility index (Phi) is 7.51. The minimum atomic E-state index is -0.159. The van der Waals surface area contributed by atoms with Crippen molar-refractivity contribution in [3.05, 3.63) is 47.4 Å². The van der Waals surface area contributed by atoms with Gasteiger partial charge in [-0.05, 0) is 52.8 Å². The molecule has 0 bridgehead atoms. The molecule has 1 saturated heterocycles. The van der Waals surface area contributed by atoms with Crippen LogP contribution in [-0.4, -0.2) is 74.8 Å². The molecule has 0 spiro atoms.